The highest BCUT2D eigenvalue weighted by Gasteiger charge is 2.16. The molecule has 0 fully saturated rings. The second-order valence-corrected chi connectivity index (χ2v) is 5.26. The first-order valence-electron chi connectivity index (χ1n) is 6.92. The number of aryl methyl sites for hydroxylation is 1. The van der Waals surface area contributed by atoms with Crippen LogP contribution in [0.3, 0.4) is 0 Å². The highest BCUT2D eigenvalue weighted by atomic mass is 16.5. The summed E-state index contributed by atoms with van der Waals surface area (Å²) in [4.78, 5) is 16.4. The number of rotatable bonds is 4. The lowest BCUT2D eigenvalue weighted by molar-refractivity contribution is 0.102. The fourth-order valence-corrected chi connectivity index (χ4v) is 2.21. The molecule has 0 aliphatic heterocycles. The van der Waals surface area contributed by atoms with Crippen molar-refractivity contribution in [3.63, 3.8) is 0 Å². The lowest BCUT2D eigenvalue weighted by Gasteiger charge is -2.16. The van der Waals surface area contributed by atoms with Gasteiger partial charge in [-0.2, -0.15) is 0 Å². The summed E-state index contributed by atoms with van der Waals surface area (Å²) in [6, 6.07) is 7.42. The SMILES string of the molecule is COc1cc(C)c(C(=O)Nc2cccnc2)cc1C(C)C. The third-order valence-electron chi connectivity index (χ3n) is 3.36. The van der Waals surface area contributed by atoms with Gasteiger partial charge in [-0.3, -0.25) is 9.78 Å². The van der Waals surface area contributed by atoms with Crippen LogP contribution in [-0.2, 0) is 0 Å². The fourth-order valence-electron chi connectivity index (χ4n) is 2.21. The predicted molar refractivity (Wildman–Crippen MR) is 84.0 cm³/mol. The van der Waals surface area contributed by atoms with E-state index in [9.17, 15) is 4.79 Å². The zero-order chi connectivity index (χ0) is 15.4. The second kappa shape index (κ2) is 6.39. The van der Waals surface area contributed by atoms with E-state index in [0.29, 0.717) is 11.3 Å². The molecule has 1 heterocycles. The number of nitrogens with one attached hydrogen (secondary N) is 1. The fraction of sp³-hybridized carbons (Fsp3) is 0.294. The summed E-state index contributed by atoms with van der Waals surface area (Å²) in [5.41, 5.74) is 3.25. The first kappa shape index (κ1) is 15.0. The van der Waals surface area contributed by atoms with Crippen LogP contribution >= 0.6 is 0 Å². The number of nitrogens with zero attached hydrogens (tertiary/aromatic N) is 1. The molecule has 1 N–H and O–H groups in total. The molecule has 2 rings (SSSR count). The molecule has 1 aromatic carbocycles. The Morgan fingerprint density at radius 3 is 2.67 bits per heavy atom. The maximum atomic E-state index is 12.4. The van der Waals surface area contributed by atoms with E-state index in [1.54, 1.807) is 25.6 Å². The van der Waals surface area contributed by atoms with Gasteiger partial charge >= 0.3 is 0 Å². The Balaban J connectivity index is 2.35. The Morgan fingerprint density at radius 1 is 1.33 bits per heavy atom. The molecule has 1 amide bonds. The van der Waals surface area contributed by atoms with Crippen LogP contribution in [0.2, 0.25) is 0 Å². The molecule has 0 atom stereocenters. The molecule has 0 aliphatic carbocycles. The number of anilines is 1. The van der Waals surface area contributed by atoms with Crippen LogP contribution in [0.25, 0.3) is 0 Å². The van der Waals surface area contributed by atoms with E-state index >= 15 is 0 Å². The summed E-state index contributed by atoms with van der Waals surface area (Å²) in [6.45, 7) is 6.07. The second-order valence-electron chi connectivity index (χ2n) is 5.26. The van der Waals surface area contributed by atoms with E-state index < -0.39 is 0 Å². The molecule has 21 heavy (non-hydrogen) atoms. The van der Waals surface area contributed by atoms with Crippen molar-refractivity contribution >= 4 is 11.6 Å². The van der Waals surface area contributed by atoms with E-state index in [4.69, 9.17) is 4.74 Å². The Hall–Kier alpha value is -2.36. The summed E-state index contributed by atoms with van der Waals surface area (Å²) < 4.78 is 5.40. The maximum Gasteiger partial charge on any atom is 0.255 e. The van der Waals surface area contributed by atoms with Gasteiger partial charge in [-0.25, -0.2) is 0 Å². The van der Waals surface area contributed by atoms with Crippen LogP contribution in [0.5, 0.6) is 5.75 Å². The number of hydrogen-bond donors (Lipinski definition) is 1. The minimum absolute atomic E-state index is 0.134. The van der Waals surface area contributed by atoms with Gasteiger partial charge in [-0.1, -0.05) is 13.8 Å². The highest BCUT2D eigenvalue weighted by Crippen LogP contribution is 2.29. The summed E-state index contributed by atoms with van der Waals surface area (Å²) in [5, 5.41) is 2.86. The number of aromatic nitrogens is 1. The monoisotopic (exact) mass is 284 g/mol. The van der Waals surface area contributed by atoms with Crippen molar-refractivity contribution in [1.29, 1.82) is 0 Å². The molecule has 0 aliphatic rings. The standard InChI is InChI=1S/C17H20N2O2/c1-11(2)14-9-15(12(3)8-16(14)21-4)17(20)19-13-6-5-7-18-10-13/h5-11H,1-4H3,(H,19,20). The number of amides is 1. The molecule has 0 unspecified atom stereocenters. The smallest absolute Gasteiger partial charge is 0.255 e. The van der Waals surface area contributed by atoms with E-state index in [1.807, 2.05) is 25.1 Å². The summed E-state index contributed by atoms with van der Waals surface area (Å²) in [6.07, 6.45) is 3.30. The van der Waals surface area contributed by atoms with E-state index in [1.165, 1.54) is 0 Å². The molecule has 4 nitrogen and oxygen atoms in total. The van der Waals surface area contributed by atoms with Gasteiger partial charge in [-0.15, -0.1) is 0 Å². The first-order chi connectivity index (χ1) is 10.0. The van der Waals surface area contributed by atoms with Gasteiger partial charge in [0.2, 0.25) is 0 Å². The van der Waals surface area contributed by atoms with E-state index in [-0.39, 0.29) is 11.8 Å². The van der Waals surface area contributed by atoms with Crippen molar-refractivity contribution in [3.8, 4) is 5.75 Å². The molecule has 4 heteroatoms. The minimum Gasteiger partial charge on any atom is -0.496 e. The Kier molecular flexibility index (Phi) is 4.58. The Labute approximate surface area is 125 Å². The van der Waals surface area contributed by atoms with Gasteiger partial charge in [0, 0.05) is 11.8 Å². The van der Waals surface area contributed by atoms with E-state index in [0.717, 1.165) is 16.9 Å². The van der Waals surface area contributed by atoms with Crippen molar-refractivity contribution in [2.24, 2.45) is 0 Å². The molecule has 110 valence electrons. The van der Waals surface area contributed by atoms with Gasteiger partial charge < -0.3 is 10.1 Å². The highest BCUT2D eigenvalue weighted by molar-refractivity contribution is 6.05. The van der Waals surface area contributed by atoms with Crippen molar-refractivity contribution in [2.45, 2.75) is 26.7 Å². The van der Waals surface area contributed by atoms with Gasteiger partial charge in [0.25, 0.3) is 5.91 Å². The van der Waals surface area contributed by atoms with Crippen molar-refractivity contribution in [3.05, 3.63) is 53.3 Å². The number of methoxy groups -OCH3 is 1. The average Bonchev–Trinajstić information content (AvgIpc) is 2.47. The molecule has 0 saturated heterocycles. The van der Waals surface area contributed by atoms with Crippen LogP contribution in [0.1, 0.15) is 41.3 Å². The van der Waals surface area contributed by atoms with Gasteiger partial charge in [-0.05, 0) is 48.2 Å². The minimum atomic E-state index is -0.134. The molecule has 0 saturated carbocycles. The number of hydrogen-bond acceptors (Lipinski definition) is 3. The third-order valence-corrected chi connectivity index (χ3v) is 3.36. The number of benzene rings is 1. The largest absolute Gasteiger partial charge is 0.496 e. The number of pyridine rings is 1. The zero-order valence-electron chi connectivity index (χ0n) is 12.8. The van der Waals surface area contributed by atoms with Crippen LogP contribution in [0.15, 0.2) is 36.7 Å². The Morgan fingerprint density at radius 2 is 2.10 bits per heavy atom. The van der Waals surface area contributed by atoms with Crippen LogP contribution in [0.4, 0.5) is 5.69 Å². The van der Waals surface area contributed by atoms with Crippen LogP contribution in [0, 0.1) is 6.92 Å². The molecule has 2 aromatic rings. The normalized spacial score (nSPS) is 10.5. The molecular formula is C17H20N2O2. The van der Waals surface area contributed by atoms with Crippen molar-refractivity contribution < 1.29 is 9.53 Å². The lowest BCUT2D eigenvalue weighted by atomic mass is 9.96. The predicted octanol–water partition coefficient (Wildman–Crippen LogP) is 3.77. The summed E-state index contributed by atoms with van der Waals surface area (Å²) >= 11 is 0. The number of carbonyl (C=O) groups excluding carboxylic acids is 1. The lowest BCUT2D eigenvalue weighted by Crippen LogP contribution is -2.14. The molecule has 0 spiro atoms. The molecule has 0 radical (unpaired) electrons. The summed E-state index contributed by atoms with van der Waals surface area (Å²) in [5.74, 6) is 0.968. The van der Waals surface area contributed by atoms with Crippen LogP contribution < -0.4 is 10.1 Å². The molecule has 0 bridgehead atoms. The van der Waals surface area contributed by atoms with Gasteiger partial charge in [0.15, 0.2) is 0 Å². The van der Waals surface area contributed by atoms with Crippen molar-refractivity contribution in [1.82, 2.24) is 4.98 Å². The number of carbonyl (C=O) groups is 1. The Bertz CT molecular complexity index is 637. The van der Waals surface area contributed by atoms with Crippen LogP contribution in [-0.4, -0.2) is 18.0 Å². The van der Waals surface area contributed by atoms with Gasteiger partial charge in [0.05, 0.1) is 19.0 Å². The first-order valence-corrected chi connectivity index (χ1v) is 6.92. The third kappa shape index (κ3) is 3.40. The molecule has 1 aromatic heterocycles. The number of ether oxygens (including phenoxy) is 1. The van der Waals surface area contributed by atoms with Crippen molar-refractivity contribution in [2.75, 3.05) is 12.4 Å². The quantitative estimate of drug-likeness (QED) is 0.929. The van der Waals surface area contributed by atoms with E-state index in [2.05, 4.69) is 24.1 Å². The molecular weight excluding hydrogens is 264 g/mol. The maximum absolute atomic E-state index is 12.4. The zero-order valence-corrected chi connectivity index (χ0v) is 12.8. The topological polar surface area (TPSA) is 51.2 Å². The van der Waals surface area contributed by atoms with Gasteiger partial charge in [0.1, 0.15) is 5.75 Å². The average molecular weight is 284 g/mol. The summed E-state index contributed by atoms with van der Waals surface area (Å²) in [7, 11) is 1.65.